The van der Waals surface area contributed by atoms with Gasteiger partial charge in [-0.05, 0) is 50.4 Å². The first-order chi connectivity index (χ1) is 9.65. The van der Waals surface area contributed by atoms with Gasteiger partial charge in [0.1, 0.15) is 6.04 Å². The van der Waals surface area contributed by atoms with Crippen LogP contribution in [0.15, 0.2) is 0 Å². The van der Waals surface area contributed by atoms with Crippen molar-refractivity contribution in [2.75, 3.05) is 19.7 Å². The molecular weight excluding hydrogens is 256 g/mol. The zero-order valence-corrected chi connectivity index (χ0v) is 11.9. The fourth-order valence-corrected chi connectivity index (χ4v) is 3.19. The highest BCUT2D eigenvalue weighted by molar-refractivity contribution is 5.90. The summed E-state index contributed by atoms with van der Waals surface area (Å²) in [5.74, 6) is 0.368. The Morgan fingerprint density at radius 3 is 2.60 bits per heavy atom. The lowest BCUT2D eigenvalue weighted by atomic mass is 10.0. The van der Waals surface area contributed by atoms with Crippen molar-refractivity contribution < 1.29 is 14.7 Å². The summed E-state index contributed by atoms with van der Waals surface area (Å²) in [5.41, 5.74) is 0.133. The lowest BCUT2D eigenvalue weighted by molar-refractivity contribution is -0.139. The van der Waals surface area contributed by atoms with Crippen molar-refractivity contribution in [2.45, 2.75) is 51.0 Å². The van der Waals surface area contributed by atoms with Crippen LogP contribution in [0.5, 0.6) is 0 Å². The van der Waals surface area contributed by atoms with Crippen LogP contribution in [0, 0.1) is 11.3 Å². The van der Waals surface area contributed by atoms with E-state index in [1.165, 1.54) is 0 Å². The number of carbonyl (C=O) groups excluding carboxylic acids is 2. The zero-order valence-electron chi connectivity index (χ0n) is 11.9. The Hall–Kier alpha value is -1.10. The predicted molar refractivity (Wildman–Crippen MR) is 73.8 cm³/mol. The maximum atomic E-state index is 12.3. The van der Waals surface area contributed by atoms with Gasteiger partial charge in [0.15, 0.2) is 0 Å². The van der Waals surface area contributed by atoms with Gasteiger partial charge < -0.3 is 15.3 Å². The van der Waals surface area contributed by atoms with E-state index in [0.717, 1.165) is 51.5 Å². The number of rotatable bonds is 6. The van der Waals surface area contributed by atoms with Crippen LogP contribution in [-0.4, -0.2) is 47.6 Å². The van der Waals surface area contributed by atoms with Crippen LogP contribution < -0.4 is 5.32 Å². The van der Waals surface area contributed by atoms with E-state index in [1.54, 1.807) is 4.90 Å². The van der Waals surface area contributed by atoms with E-state index in [9.17, 15) is 9.59 Å². The van der Waals surface area contributed by atoms with E-state index in [-0.39, 0.29) is 35.8 Å². The minimum atomic E-state index is -0.256. The van der Waals surface area contributed by atoms with Crippen LogP contribution in [0.3, 0.4) is 0 Å². The molecule has 1 heterocycles. The van der Waals surface area contributed by atoms with Gasteiger partial charge in [0, 0.05) is 25.6 Å². The number of aliphatic hydroxyl groups excluding tert-OH is 1. The van der Waals surface area contributed by atoms with Gasteiger partial charge in [-0.15, -0.1) is 0 Å². The summed E-state index contributed by atoms with van der Waals surface area (Å²) in [6, 6.07) is -0.256. The summed E-state index contributed by atoms with van der Waals surface area (Å²) in [4.78, 5) is 26.3. The second-order valence-corrected chi connectivity index (χ2v) is 6.66. The Labute approximate surface area is 119 Å². The van der Waals surface area contributed by atoms with Gasteiger partial charge in [0.2, 0.25) is 11.8 Å². The molecule has 1 unspecified atom stereocenters. The largest absolute Gasteiger partial charge is 0.396 e. The summed E-state index contributed by atoms with van der Waals surface area (Å²) >= 11 is 0. The fraction of sp³-hybridized carbons (Fsp3) is 0.867. The van der Waals surface area contributed by atoms with Crippen LogP contribution >= 0.6 is 0 Å². The summed E-state index contributed by atoms with van der Waals surface area (Å²) in [6.07, 6.45) is 6.64. The molecule has 2 saturated carbocycles. The molecule has 0 spiro atoms. The molecule has 5 nitrogen and oxygen atoms in total. The number of carbonyl (C=O) groups is 2. The monoisotopic (exact) mass is 280 g/mol. The van der Waals surface area contributed by atoms with Crippen molar-refractivity contribution >= 4 is 11.8 Å². The Balaban J connectivity index is 1.52. The third kappa shape index (κ3) is 2.82. The van der Waals surface area contributed by atoms with Crippen molar-refractivity contribution in [3.63, 3.8) is 0 Å². The first kappa shape index (κ1) is 13.9. The van der Waals surface area contributed by atoms with Crippen molar-refractivity contribution in [3.8, 4) is 0 Å². The zero-order chi connectivity index (χ0) is 14.2. The summed E-state index contributed by atoms with van der Waals surface area (Å²) in [5, 5.41) is 12.0. The minimum Gasteiger partial charge on any atom is -0.396 e. The SMILES string of the molecule is O=C(NCC1(CCO)CC1)C1CCCN1C(=O)C1CC1. The average Bonchev–Trinajstić information content (AvgIpc) is 3.35. The first-order valence-corrected chi connectivity index (χ1v) is 7.84. The molecule has 0 radical (unpaired) electrons. The molecule has 0 bridgehead atoms. The molecule has 20 heavy (non-hydrogen) atoms. The number of nitrogens with zero attached hydrogens (tertiary/aromatic N) is 1. The van der Waals surface area contributed by atoms with Crippen LogP contribution in [0.25, 0.3) is 0 Å². The predicted octanol–water partition coefficient (Wildman–Crippen LogP) is 0.666. The average molecular weight is 280 g/mol. The summed E-state index contributed by atoms with van der Waals surface area (Å²) in [6.45, 7) is 1.56. The maximum absolute atomic E-state index is 12.3. The Morgan fingerprint density at radius 2 is 2.00 bits per heavy atom. The van der Waals surface area contributed by atoms with Gasteiger partial charge in [-0.1, -0.05) is 0 Å². The molecule has 1 aliphatic heterocycles. The molecule has 112 valence electrons. The van der Waals surface area contributed by atoms with E-state index >= 15 is 0 Å². The normalized spacial score (nSPS) is 27.4. The quantitative estimate of drug-likeness (QED) is 0.751. The summed E-state index contributed by atoms with van der Waals surface area (Å²) in [7, 11) is 0. The number of likely N-dealkylation sites (tertiary alicyclic amines) is 1. The van der Waals surface area contributed by atoms with E-state index in [2.05, 4.69) is 5.32 Å². The highest BCUT2D eigenvalue weighted by Gasteiger charge is 2.44. The third-order valence-electron chi connectivity index (χ3n) is 5.00. The number of nitrogens with one attached hydrogen (secondary N) is 1. The van der Waals surface area contributed by atoms with Gasteiger partial charge in [-0.3, -0.25) is 9.59 Å². The van der Waals surface area contributed by atoms with Crippen molar-refractivity contribution in [3.05, 3.63) is 0 Å². The molecule has 1 saturated heterocycles. The van der Waals surface area contributed by atoms with Crippen molar-refractivity contribution in [1.82, 2.24) is 10.2 Å². The van der Waals surface area contributed by atoms with Crippen molar-refractivity contribution in [1.29, 1.82) is 0 Å². The van der Waals surface area contributed by atoms with Crippen LogP contribution in [-0.2, 0) is 9.59 Å². The standard InChI is InChI=1S/C15H24N2O3/c18-9-7-15(5-6-15)10-16-13(19)12-2-1-8-17(12)14(20)11-3-4-11/h11-12,18H,1-10H2,(H,16,19). The molecule has 2 N–H and O–H groups in total. The highest BCUT2D eigenvalue weighted by atomic mass is 16.3. The molecular formula is C15H24N2O3. The molecule has 0 aromatic heterocycles. The van der Waals surface area contributed by atoms with Crippen molar-refractivity contribution in [2.24, 2.45) is 11.3 Å². The molecule has 3 aliphatic rings. The van der Waals surface area contributed by atoms with E-state index in [4.69, 9.17) is 5.11 Å². The topological polar surface area (TPSA) is 69.6 Å². The van der Waals surface area contributed by atoms with Gasteiger partial charge >= 0.3 is 0 Å². The number of aliphatic hydroxyl groups is 1. The Morgan fingerprint density at radius 1 is 1.25 bits per heavy atom. The number of amides is 2. The van der Waals surface area contributed by atoms with Gasteiger partial charge in [-0.2, -0.15) is 0 Å². The maximum Gasteiger partial charge on any atom is 0.242 e. The Bertz CT molecular complexity index is 402. The second kappa shape index (κ2) is 5.35. The minimum absolute atomic E-state index is 0.000662. The Kier molecular flexibility index (Phi) is 3.71. The van der Waals surface area contributed by atoms with Gasteiger partial charge in [0.05, 0.1) is 0 Å². The second-order valence-electron chi connectivity index (χ2n) is 6.66. The molecule has 3 fully saturated rings. The van der Waals surface area contributed by atoms with Crippen LogP contribution in [0.1, 0.15) is 44.9 Å². The molecule has 0 aromatic carbocycles. The van der Waals surface area contributed by atoms with E-state index in [0.29, 0.717) is 6.54 Å². The fourth-order valence-electron chi connectivity index (χ4n) is 3.19. The first-order valence-electron chi connectivity index (χ1n) is 7.84. The molecule has 5 heteroatoms. The van der Waals surface area contributed by atoms with E-state index in [1.807, 2.05) is 0 Å². The highest BCUT2D eigenvalue weighted by Crippen LogP contribution is 2.47. The molecule has 2 amide bonds. The summed E-state index contributed by atoms with van der Waals surface area (Å²) < 4.78 is 0. The van der Waals surface area contributed by atoms with Gasteiger partial charge in [-0.25, -0.2) is 0 Å². The molecule has 1 atom stereocenters. The van der Waals surface area contributed by atoms with E-state index < -0.39 is 0 Å². The van der Waals surface area contributed by atoms with Crippen LogP contribution in [0.4, 0.5) is 0 Å². The molecule has 0 aromatic rings. The lowest BCUT2D eigenvalue weighted by Gasteiger charge is -2.25. The third-order valence-corrected chi connectivity index (χ3v) is 5.00. The molecule has 2 aliphatic carbocycles. The lowest BCUT2D eigenvalue weighted by Crippen LogP contribution is -2.47. The number of hydrogen-bond acceptors (Lipinski definition) is 3. The number of hydrogen-bond donors (Lipinski definition) is 2. The van der Waals surface area contributed by atoms with Gasteiger partial charge in [0.25, 0.3) is 0 Å². The van der Waals surface area contributed by atoms with Crippen LogP contribution in [0.2, 0.25) is 0 Å². The smallest absolute Gasteiger partial charge is 0.242 e. The molecule has 3 rings (SSSR count).